The van der Waals surface area contributed by atoms with Crippen LogP contribution in [-0.4, -0.2) is 30.3 Å². The van der Waals surface area contributed by atoms with Gasteiger partial charge in [0.25, 0.3) is 5.78 Å². The average molecular weight is 456 g/mol. The Balaban J connectivity index is 2.05. The number of nitrogens with one attached hydrogen (secondary N) is 1. The molecule has 1 aromatic rings. The molecule has 0 aliphatic heterocycles. The Labute approximate surface area is 188 Å². The lowest BCUT2D eigenvalue weighted by Gasteiger charge is -2.29. The summed E-state index contributed by atoms with van der Waals surface area (Å²) in [5.41, 5.74) is 0.704. The molecule has 1 amide bonds. The highest BCUT2D eigenvalue weighted by Crippen LogP contribution is 2.32. The summed E-state index contributed by atoms with van der Waals surface area (Å²) in [5, 5.41) is 3.56. The van der Waals surface area contributed by atoms with E-state index in [0.29, 0.717) is 21.5 Å². The Morgan fingerprint density at radius 3 is 2.40 bits per heavy atom. The molecule has 0 heterocycles. The van der Waals surface area contributed by atoms with Crippen molar-refractivity contribution in [1.82, 2.24) is 5.32 Å². The summed E-state index contributed by atoms with van der Waals surface area (Å²) in [6.07, 6.45) is 7.45. The van der Waals surface area contributed by atoms with E-state index in [4.69, 9.17) is 27.9 Å². The maximum atomic E-state index is 12.9. The number of carbonyl (C=O) groups is 3. The fourth-order valence-corrected chi connectivity index (χ4v) is 4.27. The number of hydrogen-bond acceptors (Lipinski definition) is 4. The summed E-state index contributed by atoms with van der Waals surface area (Å²) in [4.78, 5) is 37.5. The first-order valence-electron chi connectivity index (χ1n) is 10.8. The maximum absolute atomic E-state index is 12.9. The zero-order valence-corrected chi connectivity index (χ0v) is 19.2. The number of benzene rings is 1. The number of ketones is 1. The van der Waals surface area contributed by atoms with E-state index in [0.717, 1.165) is 25.7 Å². The highest BCUT2D eigenvalue weighted by atomic mass is 35.5. The van der Waals surface area contributed by atoms with Crippen molar-refractivity contribution in [3.8, 4) is 0 Å². The first kappa shape index (κ1) is 24.7. The Kier molecular flexibility index (Phi) is 10.1. The van der Waals surface area contributed by atoms with Crippen LogP contribution >= 0.6 is 23.2 Å². The fraction of sp³-hybridized carbons (Fsp3) is 0.609. The number of hydrogen-bond donors (Lipinski definition) is 1. The Morgan fingerprint density at radius 1 is 1.10 bits per heavy atom. The third-order valence-corrected chi connectivity index (χ3v) is 6.46. The van der Waals surface area contributed by atoms with Gasteiger partial charge in [0.05, 0.1) is 16.7 Å². The van der Waals surface area contributed by atoms with Gasteiger partial charge in [0.2, 0.25) is 5.91 Å². The minimum absolute atomic E-state index is 0.0970. The molecule has 0 bridgehead atoms. The lowest BCUT2D eigenvalue weighted by atomic mass is 9.79. The molecule has 1 N–H and O–H groups in total. The highest BCUT2D eigenvalue weighted by molar-refractivity contribution is 6.42. The molecule has 1 saturated carbocycles. The lowest BCUT2D eigenvalue weighted by Crippen LogP contribution is -2.48. The number of carbonyl (C=O) groups excluding carboxylic acids is 3. The lowest BCUT2D eigenvalue weighted by molar-refractivity contribution is -0.154. The van der Waals surface area contributed by atoms with Crippen molar-refractivity contribution in [2.75, 3.05) is 6.61 Å². The van der Waals surface area contributed by atoms with Crippen molar-refractivity contribution in [2.45, 2.75) is 71.3 Å². The van der Waals surface area contributed by atoms with Crippen LogP contribution in [-0.2, 0) is 25.5 Å². The van der Waals surface area contributed by atoms with Gasteiger partial charge in [-0.3, -0.25) is 9.59 Å². The van der Waals surface area contributed by atoms with Crippen molar-refractivity contribution < 1.29 is 19.1 Å². The van der Waals surface area contributed by atoms with Gasteiger partial charge in [0, 0.05) is 12.3 Å². The van der Waals surface area contributed by atoms with Gasteiger partial charge in [-0.15, -0.1) is 0 Å². The van der Waals surface area contributed by atoms with Gasteiger partial charge < -0.3 is 10.1 Å². The number of ether oxygens (including phenoxy) is 1. The Hall–Kier alpha value is -1.59. The van der Waals surface area contributed by atoms with Gasteiger partial charge in [0.15, 0.2) is 0 Å². The van der Waals surface area contributed by atoms with Gasteiger partial charge in [0.1, 0.15) is 6.04 Å². The molecule has 0 aromatic heterocycles. The molecule has 166 valence electrons. The van der Waals surface area contributed by atoms with E-state index >= 15 is 0 Å². The first-order valence-corrected chi connectivity index (χ1v) is 11.6. The number of halogens is 2. The third-order valence-electron chi connectivity index (χ3n) is 5.72. The summed E-state index contributed by atoms with van der Waals surface area (Å²) >= 11 is 12.0. The van der Waals surface area contributed by atoms with Crippen LogP contribution in [0, 0.1) is 11.8 Å². The maximum Gasteiger partial charge on any atom is 0.376 e. The summed E-state index contributed by atoms with van der Waals surface area (Å²) in [6, 6.07) is 4.00. The van der Waals surface area contributed by atoms with Gasteiger partial charge in [-0.1, -0.05) is 55.5 Å². The van der Waals surface area contributed by atoms with Gasteiger partial charge in [-0.2, -0.15) is 0 Å². The van der Waals surface area contributed by atoms with E-state index in [1.807, 2.05) is 0 Å². The van der Waals surface area contributed by atoms with E-state index in [1.165, 1.54) is 19.3 Å². The largest absolute Gasteiger partial charge is 0.460 e. The Bertz CT molecular complexity index is 745. The van der Waals surface area contributed by atoms with Crippen LogP contribution in [0.5, 0.6) is 0 Å². The van der Waals surface area contributed by atoms with Crippen LogP contribution in [0.2, 0.25) is 10.0 Å². The molecule has 30 heavy (non-hydrogen) atoms. The molecule has 0 radical (unpaired) electrons. The van der Waals surface area contributed by atoms with E-state index in [1.54, 1.807) is 25.1 Å². The molecule has 2 rings (SSSR count). The van der Waals surface area contributed by atoms with Crippen molar-refractivity contribution in [2.24, 2.45) is 11.8 Å². The predicted molar refractivity (Wildman–Crippen MR) is 119 cm³/mol. The zero-order chi connectivity index (χ0) is 22.1. The molecule has 1 aromatic carbocycles. The fourth-order valence-electron chi connectivity index (χ4n) is 3.95. The molecule has 1 atom stereocenters. The van der Waals surface area contributed by atoms with Gasteiger partial charge in [-0.25, -0.2) is 4.79 Å². The molecule has 5 nitrogen and oxygen atoms in total. The molecular weight excluding hydrogens is 425 g/mol. The number of amides is 1. The summed E-state index contributed by atoms with van der Waals surface area (Å²) in [5.74, 6) is -1.32. The molecule has 1 fully saturated rings. The van der Waals surface area contributed by atoms with Gasteiger partial charge in [-0.05, 0) is 56.2 Å². The van der Waals surface area contributed by atoms with Crippen molar-refractivity contribution >= 4 is 40.9 Å². The second kappa shape index (κ2) is 12.3. The minimum Gasteiger partial charge on any atom is -0.460 e. The van der Waals surface area contributed by atoms with E-state index in [2.05, 4.69) is 12.2 Å². The van der Waals surface area contributed by atoms with Crippen molar-refractivity contribution in [3.63, 3.8) is 0 Å². The number of rotatable bonds is 10. The summed E-state index contributed by atoms with van der Waals surface area (Å²) in [7, 11) is 0. The summed E-state index contributed by atoms with van der Waals surface area (Å²) in [6.45, 7) is 3.92. The van der Waals surface area contributed by atoms with Crippen LogP contribution in [0.3, 0.4) is 0 Å². The molecule has 1 aliphatic rings. The zero-order valence-electron chi connectivity index (χ0n) is 17.7. The quantitative estimate of drug-likeness (QED) is 0.391. The highest BCUT2D eigenvalue weighted by Gasteiger charge is 2.32. The number of Topliss-reactive ketones (excluding diaryl/α,β-unsaturated/α-hetero) is 1. The SMILES string of the molecule is CCCCC1CCC(C(=O)NC(Cc2ccc(Cl)c(Cl)c2)C(=O)C(=O)OCC)CC1. The minimum atomic E-state index is -0.994. The van der Waals surface area contributed by atoms with E-state index in [9.17, 15) is 14.4 Å². The average Bonchev–Trinajstić information content (AvgIpc) is 2.74. The molecule has 0 saturated heterocycles. The van der Waals surface area contributed by atoms with Crippen LogP contribution in [0.25, 0.3) is 0 Å². The first-order chi connectivity index (χ1) is 14.3. The third kappa shape index (κ3) is 7.28. The standard InChI is InChI=1S/C23H31Cl2NO4/c1-3-5-6-15-7-10-17(11-8-15)22(28)26-20(21(27)23(29)30-4-2)14-16-9-12-18(24)19(25)13-16/h9,12-13,15,17,20H,3-8,10-11,14H2,1-2H3,(H,26,28). The van der Waals surface area contributed by atoms with Gasteiger partial charge >= 0.3 is 5.97 Å². The molecule has 1 aliphatic carbocycles. The van der Waals surface area contributed by atoms with Crippen LogP contribution < -0.4 is 5.32 Å². The second-order valence-electron chi connectivity index (χ2n) is 7.96. The molecular formula is C23H31Cl2NO4. The topological polar surface area (TPSA) is 72.5 Å². The van der Waals surface area contributed by atoms with E-state index < -0.39 is 17.8 Å². The molecule has 7 heteroatoms. The van der Waals surface area contributed by atoms with Crippen molar-refractivity contribution in [3.05, 3.63) is 33.8 Å². The van der Waals surface area contributed by atoms with E-state index in [-0.39, 0.29) is 24.9 Å². The molecule has 1 unspecified atom stereocenters. The van der Waals surface area contributed by atoms with Crippen LogP contribution in [0.15, 0.2) is 18.2 Å². The summed E-state index contributed by atoms with van der Waals surface area (Å²) < 4.78 is 4.86. The smallest absolute Gasteiger partial charge is 0.376 e. The van der Waals surface area contributed by atoms with Crippen LogP contribution in [0.4, 0.5) is 0 Å². The van der Waals surface area contributed by atoms with Crippen molar-refractivity contribution in [1.29, 1.82) is 0 Å². The number of unbranched alkanes of at least 4 members (excludes halogenated alkanes) is 1. The number of esters is 1. The predicted octanol–water partition coefficient (Wildman–Crippen LogP) is 5.15. The monoisotopic (exact) mass is 455 g/mol. The normalized spacial score (nSPS) is 19.7. The second-order valence-corrected chi connectivity index (χ2v) is 8.77. The van der Waals surface area contributed by atoms with Crippen LogP contribution in [0.1, 0.15) is 64.4 Å². The molecule has 0 spiro atoms. The Morgan fingerprint density at radius 2 is 1.80 bits per heavy atom.